The minimum absolute atomic E-state index is 0.125. The van der Waals surface area contributed by atoms with Crippen molar-refractivity contribution in [2.45, 2.75) is 44.2 Å². The van der Waals surface area contributed by atoms with Gasteiger partial charge in [-0.1, -0.05) is 30.3 Å². The van der Waals surface area contributed by atoms with Crippen molar-refractivity contribution in [3.8, 4) is 0 Å². The molecule has 2 aliphatic heterocycles. The Bertz CT molecular complexity index is 500. The van der Waals surface area contributed by atoms with E-state index in [1.807, 2.05) is 30.3 Å². The molecule has 1 aromatic carbocycles. The van der Waals surface area contributed by atoms with E-state index in [1.54, 1.807) is 4.90 Å². The van der Waals surface area contributed by atoms with Crippen LogP contribution in [0.3, 0.4) is 0 Å². The number of fused-ring (bicyclic) bond motifs is 2. The second-order valence-corrected chi connectivity index (χ2v) is 5.91. The number of amides is 1. The quantitative estimate of drug-likeness (QED) is 0.860. The molecule has 4 heteroatoms. The Labute approximate surface area is 118 Å². The highest BCUT2D eigenvalue weighted by atomic mass is 16.4. The second-order valence-electron chi connectivity index (χ2n) is 5.91. The zero-order valence-electron chi connectivity index (χ0n) is 11.4. The Balaban J connectivity index is 1.64. The van der Waals surface area contributed by atoms with E-state index in [4.69, 9.17) is 0 Å². The Kier molecular flexibility index (Phi) is 3.47. The molecule has 0 aliphatic carbocycles. The highest BCUT2D eigenvalue weighted by molar-refractivity contribution is 5.96. The van der Waals surface area contributed by atoms with Crippen LogP contribution in [-0.4, -0.2) is 34.0 Å². The Morgan fingerprint density at radius 3 is 2.25 bits per heavy atom. The van der Waals surface area contributed by atoms with Gasteiger partial charge in [0.1, 0.15) is 0 Å². The molecule has 2 bridgehead atoms. The van der Waals surface area contributed by atoms with Crippen LogP contribution >= 0.6 is 0 Å². The third-order valence-electron chi connectivity index (χ3n) is 4.62. The van der Waals surface area contributed by atoms with Gasteiger partial charge in [-0.2, -0.15) is 0 Å². The highest BCUT2D eigenvalue weighted by Gasteiger charge is 2.43. The average Bonchev–Trinajstić information content (AvgIpc) is 2.72. The van der Waals surface area contributed by atoms with Gasteiger partial charge < -0.3 is 10.0 Å². The van der Waals surface area contributed by atoms with E-state index in [1.165, 1.54) is 0 Å². The summed E-state index contributed by atoms with van der Waals surface area (Å²) in [7, 11) is 0. The second kappa shape index (κ2) is 5.27. The third-order valence-corrected chi connectivity index (χ3v) is 4.62. The number of rotatable bonds is 3. The predicted octanol–water partition coefficient (Wildman–Crippen LogP) is 3.18. The standard InChI is InChI=1S/C16H19NO3/c18-15(12-4-2-1-3-5-12)10-11-8-13-6-7-14(9-11)17(13)16(19)20/h1-5,11,13-14H,6-10H2,(H,19,20)/t11-,13+,14-. The van der Waals surface area contributed by atoms with Gasteiger partial charge in [0.2, 0.25) is 0 Å². The summed E-state index contributed by atoms with van der Waals surface area (Å²) in [5.41, 5.74) is 0.764. The van der Waals surface area contributed by atoms with E-state index in [2.05, 4.69) is 0 Å². The summed E-state index contributed by atoms with van der Waals surface area (Å²) < 4.78 is 0. The smallest absolute Gasteiger partial charge is 0.407 e. The highest BCUT2D eigenvalue weighted by Crippen LogP contribution is 2.40. The van der Waals surface area contributed by atoms with E-state index in [0.717, 1.165) is 31.2 Å². The normalized spacial score (nSPS) is 28.4. The number of hydrogen-bond donors (Lipinski definition) is 1. The lowest BCUT2D eigenvalue weighted by atomic mass is 9.86. The molecule has 3 rings (SSSR count). The maximum atomic E-state index is 12.2. The molecule has 1 aromatic rings. The molecule has 0 spiro atoms. The van der Waals surface area contributed by atoms with Crippen molar-refractivity contribution in [2.24, 2.45) is 5.92 Å². The molecule has 20 heavy (non-hydrogen) atoms. The van der Waals surface area contributed by atoms with Crippen LogP contribution in [0, 0.1) is 5.92 Å². The fourth-order valence-electron chi connectivity index (χ4n) is 3.77. The van der Waals surface area contributed by atoms with Crippen LogP contribution in [0.25, 0.3) is 0 Å². The minimum atomic E-state index is -0.801. The molecule has 0 radical (unpaired) electrons. The van der Waals surface area contributed by atoms with E-state index in [0.29, 0.717) is 12.3 Å². The van der Waals surface area contributed by atoms with Gasteiger partial charge in [-0.05, 0) is 31.6 Å². The number of hydrogen-bond acceptors (Lipinski definition) is 2. The SMILES string of the molecule is O=C(C[C@H]1C[C@H]2CC[C@@H](C1)N2C(=O)O)c1ccccc1. The fourth-order valence-corrected chi connectivity index (χ4v) is 3.77. The lowest BCUT2D eigenvalue weighted by molar-refractivity contribution is 0.0765. The van der Waals surface area contributed by atoms with Gasteiger partial charge in [-0.15, -0.1) is 0 Å². The lowest BCUT2D eigenvalue weighted by Crippen LogP contribution is -2.46. The first-order chi connectivity index (χ1) is 9.65. The molecule has 1 N–H and O–H groups in total. The van der Waals surface area contributed by atoms with Gasteiger partial charge in [-0.3, -0.25) is 4.79 Å². The summed E-state index contributed by atoms with van der Waals surface area (Å²) in [6.45, 7) is 0. The molecule has 0 unspecified atom stereocenters. The maximum Gasteiger partial charge on any atom is 0.407 e. The molecule has 106 valence electrons. The van der Waals surface area contributed by atoms with Gasteiger partial charge in [-0.25, -0.2) is 4.79 Å². The number of carbonyl (C=O) groups is 2. The van der Waals surface area contributed by atoms with Gasteiger partial charge in [0, 0.05) is 24.1 Å². The van der Waals surface area contributed by atoms with Crippen LogP contribution in [0.2, 0.25) is 0 Å². The largest absolute Gasteiger partial charge is 0.465 e. The summed E-state index contributed by atoms with van der Waals surface area (Å²) >= 11 is 0. The molecule has 4 nitrogen and oxygen atoms in total. The van der Waals surface area contributed by atoms with Crippen LogP contribution in [-0.2, 0) is 0 Å². The van der Waals surface area contributed by atoms with Crippen molar-refractivity contribution in [2.75, 3.05) is 0 Å². The average molecular weight is 273 g/mol. The molecular weight excluding hydrogens is 254 g/mol. The van der Waals surface area contributed by atoms with Crippen molar-refractivity contribution in [1.29, 1.82) is 0 Å². The first-order valence-electron chi connectivity index (χ1n) is 7.24. The van der Waals surface area contributed by atoms with E-state index < -0.39 is 6.09 Å². The Morgan fingerprint density at radius 1 is 1.10 bits per heavy atom. The van der Waals surface area contributed by atoms with E-state index in [-0.39, 0.29) is 17.9 Å². The van der Waals surface area contributed by atoms with Crippen LogP contribution in [0.1, 0.15) is 42.5 Å². The molecule has 2 fully saturated rings. The van der Waals surface area contributed by atoms with E-state index in [9.17, 15) is 14.7 Å². The number of piperidine rings is 1. The topological polar surface area (TPSA) is 57.6 Å². The first-order valence-corrected chi connectivity index (χ1v) is 7.24. The summed E-state index contributed by atoms with van der Waals surface area (Å²) in [5.74, 6) is 0.509. The lowest BCUT2D eigenvalue weighted by Gasteiger charge is -2.36. The van der Waals surface area contributed by atoms with Gasteiger partial charge in [0.25, 0.3) is 0 Å². The first kappa shape index (κ1) is 13.2. The summed E-state index contributed by atoms with van der Waals surface area (Å²) in [4.78, 5) is 25.1. The predicted molar refractivity (Wildman–Crippen MR) is 74.8 cm³/mol. The van der Waals surface area contributed by atoms with Crippen LogP contribution in [0.4, 0.5) is 4.79 Å². The summed E-state index contributed by atoms with van der Waals surface area (Å²) in [5, 5.41) is 9.22. The molecular formula is C16H19NO3. The summed E-state index contributed by atoms with van der Waals surface area (Å²) in [6, 6.07) is 9.61. The molecule has 1 amide bonds. The van der Waals surface area contributed by atoms with Crippen molar-refractivity contribution in [3.63, 3.8) is 0 Å². The molecule has 3 atom stereocenters. The van der Waals surface area contributed by atoms with Crippen molar-refractivity contribution < 1.29 is 14.7 Å². The van der Waals surface area contributed by atoms with Crippen molar-refractivity contribution >= 4 is 11.9 Å². The van der Waals surface area contributed by atoms with Gasteiger partial charge in [0.05, 0.1) is 0 Å². The number of ketones is 1. The number of nitrogens with zero attached hydrogens (tertiary/aromatic N) is 1. The Hall–Kier alpha value is -1.84. The molecule has 0 aromatic heterocycles. The molecule has 0 saturated carbocycles. The van der Waals surface area contributed by atoms with Crippen molar-refractivity contribution in [3.05, 3.63) is 35.9 Å². The number of benzene rings is 1. The van der Waals surface area contributed by atoms with Crippen molar-refractivity contribution in [1.82, 2.24) is 4.90 Å². The zero-order chi connectivity index (χ0) is 14.1. The number of carboxylic acid groups (broad SMARTS) is 1. The van der Waals surface area contributed by atoms with Crippen LogP contribution < -0.4 is 0 Å². The summed E-state index contributed by atoms with van der Waals surface area (Å²) in [6.07, 6.45) is 3.32. The third kappa shape index (κ3) is 2.42. The zero-order valence-corrected chi connectivity index (χ0v) is 11.4. The van der Waals surface area contributed by atoms with Gasteiger partial charge >= 0.3 is 6.09 Å². The maximum absolute atomic E-state index is 12.2. The van der Waals surface area contributed by atoms with E-state index >= 15 is 0 Å². The number of carbonyl (C=O) groups excluding carboxylic acids is 1. The van der Waals surface area contributed by atoms with Crippen LogP contribution in [0.15, 0.2) is 30.3 Å². The molecule has 2 aliphatic rings. The van der Waals surface area contributed by atoms with Crippen LogP contribution in [0.5, 0.6) is 0 Å². The monoisotopic (exact) mass is 273 g/mol. The molecule has 2 saturated heterocycles. The minimum Gasteiger partial charge on any atom is -0.465 e. The number of Topliss-reactive ketones (excluding diaryl/α,β-unsaturated/α-hetero) is 1. The molecule has 2 heterocycles. The van der Waals surface area contributed by atoms with Gasteiger partial charge in [0.15, 0.2) is 5.78 Å². The Morgan fingerprint density at radius 2 is 1.70 bits per heavy atom. The fraction of sp³-hybridized carbons (Fsp3) is 0.500.